The Morgan fingerprint density at radius 2 is 1.37 bits per heavy atom. The maximum absolute atomic E-state index is 12.3. The average Bonchev–Trinajstić information content (AvgIpc) is 2.71. The topological polar surface area (TPSA) is 78.9 Å². The zero-order chi connectivity index (χ0) is 19.5. The van der Waals surface area contributed by atoms with Gasteiger partial charge >= 0.3 is 12.1 Å². The molecule has 0 amide bonds. The van der Waals surface area contributed by atoms with Gasteiger partial charge in [0.25, 0.3) is 0 Å². The molecule has 0 radical (unpaired) electrons. The van der Waals surface area contributed by atoms with Gasteiger partial charge in [0.2, 0.25) is 0 Å². The molecule has 6 nitrogen and oxygen atoms in total. The number of carbonyl (C=O) groups is 3. The minimum Gasteiger partial charge on any atom is -0.466 e. The first-order valence-corrected chi connectivity index (χ1v) is 8.80. The lowest BCUT2D eigenvalue weighted by Crippen LogP contribution is -2.12. The molecule has 0 bridgehead atoms. The Labute approximate surface area is 158 Å². The van der Waals surface area contributed by atoms with Crippen molar-refractivity contribution in [3.63, 3.8) is 0 Å². The van der Waals surface area contributed by atoms with Crippen LogP contribution in [0.1, 0.15) is 42.1 Å². The normalized spacial score (nSPS) is 10.1. The number of hydrogen-bond donors (Lipinski definition) is 0. The van der Waals surface area contributed by atoms with Crippen LogP contribution in [0.4, 0.5) is 4.79 Å². The van der Waals surface area contributed by atoms with Crippen LogP contribution < -0.4 is 4.74 Å². The van der Waals surface area contributed by atoms with E-state index >= 15 is 0 Å². The van der Waals surface area contributed by atoms with Gasteiger partial charge in [0.05, 0.1) is 13.2 Å². The highest BCUT2D eigenvalue weighted by atomic mass is 16.7. The van der Waals surface area contributed by atoms with Crippen LogP contribution in [0.2, 0.25) is 0 Å². The van der Waals surface area contributed by atoms with Crippen LogP contribution in [0.3, 0.4) is 0 Å². The molecule has 27 heavy (non-hydrogen) atoms. The molecule has 0 fully saturated rings. The van der Waals surface area contributed by atoms with Crippen molar-refractivity contribution in [2.24, 2.45) is 0 Å². The number of benzene rings is 2. The summed E-state index contributed by atoms with van der Waals surface area (Å²) in [6, 6.07) is 15.2. The van der Waals surface area contributed by atoms with Crippen molar-refractivity contribution in [1.82, 2.24) is 0 Å². The molecule has 0 aromatic heterocycles. The predicted octanol–water partition coefficient (Wildman–Crippen LogP) is 4.17. The lowest BCUT2D eigenvalue weighted by atomic mass is 10.0. The molecule has 0 N–H and O–H groups in total. The summed E-state index contributed by atoms with van der Waals surface area (Å²) in [5, 5.41) is 0. The van der Waals surface area contributed by atoms with Crippen molar-refractivity contribution >= 4 is 17.9 Å². The van der Waals surface area contributed by atoms with E-state index in [9.17, 15) is 14.4 Å². The highest BCUT2D eigenvalue weighted by molar-refractivity contribution is 6.09. The molecular weight excluding hydrogens is 348 g/mol. The largest absolute Gasteiger partial charge is 0.513 e. The zero-order valence-electron chi connectivity index (χ0n) is 15.2. The first-order chi connectivity index (χ1) is 13.1. The zero-order valence-corrected chi connectivity index (χ0v) is 15.2. The van der Waals surface area contributed by atoms with Crippen molar-refractivity contribution in [3.8, 4) is 5.75 Å². The Kier molecular flexibility index (Phi) is 8.03. The molecule has 0 saturated heterocycles. The van der Waals surface area contributed by atoms with Gasteiger partial charge in [-0.2, -0.15) is 0 Å². The van der Waals surface area contributed by atoms with Gasteiger partial charge < -0.3 is 14.2 Å². The number of rotatable bonds is 9. The molecule has 0 aliphatic heterocycles. The second-order valence-corrected chi connectivity index (χ2v) is 5.70. The van der Waals surface area contributed by atoms with E-state index in [4.69, 9.17) is 14.2 Å². The standard InChI is InChI=1S/C21H22O6/c1-2-19(22)25-14-6-7-15-26-21(24)27-18-12-10-17(11-13-18)20(23)16-8-4-3-5-9-16/h3-5,8-13H,2,6-7,14-15H2,1H3. The van der Waals surface area contributed by atoms with E-state index in [1.165, 1.54) is 0 Å². The van der Waals surface area contributed by atoms with Crippen LogP contribution in [0.5, 0.6) is 5.75 Å². The number of esters is 1. The first-order valence-electron chi connectivity index (χ1n) is 8.80. The first kappa shape index (κ1) is 20.2. The summed E-state index contributed by atoms with van der Waals surface area (Å²) in [5.41, 5.74) is 1.10. The second kappa shape index (κ2) is 10.8. The predicted molar refractivity (Wildman–Crippen MR) is 98.8 cm³/mol. The molecule has 0 atom stereocenters. The highest BCUT2D eigenvalue weighted by Gasteiger charge is 2.10. The van der Waals surface area contributed by atoms with Crippen molar-refractivity contribution in [2.45, 2.75) is 26.2 Å². The van der Waals surface area contributed by atoms with E-state index in [2.05, 4.69) is 0 Å². The SMILES string of the molecule is CCC(=O)OCCCCOC(=O)Oc1ccc(C(=O)c2ccccc2)cc1. The summed E-state index contributed by atoms with van der Waals surface area (Å²) in [6.45, 7) is 2.21. The molecule has 0 heterocycles. The Morgan fingerprint density at radius 1 is 0.778 bits per heavy atom. The maximum Gasteiger partial charge on any atom is 0.513 e. The van der Waals surface area contributed by atoms with Gasteiger partial charge in [-0.05, 0) is 37.1 Å². The Bertz CT molecular complexity index is 752. The average molecular weight is 370 g/mol. The van der Waals surface area contributed by atoms with E-state index in [0.717, 1.165) is 0 Å². The van der Waals surface area contributed by atoms with Crippen LogP contribution in [0.25, 0.3) is 0 Å². The van der Waals surface area contributed by atoms with E-state index < -0.39 is 6.16 Å². The molecule has 6 heteroatoms. The summed E-state index contributed by atoms with van der Waals surface area (Å²) in [5.74, 6) is -0.0560. The summed E-state index contributed by atoms with van der Waals surface area (Å²) < 4.78 is 14.9. The number of hydrogen-bond acceptors (Lipinski definition) is 6. The van der Waals surface area contributed by atoms with Gasteiger partial charge in [-0.25, -0.2) is 4.79 Å². The molecule has 142 valence electrons. The molecule has 0 saturated carbocycles. The summed E-state index contributed by atoms with van der Waals surface area (Å²) in [7, 11) is 0. The number of ketones is 1. The lowest BCUT2D eigenvalue weighted by Gasteiger charge is -2.07. The quantitative estimate of drug-likeness (QED) is 0.285. The Balaban J connectivity index is 1.72. The third-order valence-electron chi connectivity index (χ3n) is 3.66. The summed E-state index contributed by atoms with van der Waals surface area (Å²) in [6.07, 6.45) is 0.701. The monoisotopic (exact) mass is 370 g/mol. The van der Waals surface area contributed by atoms with Crippen LogP contribution in [0.15, 0.2) is 54.6 Å². The van der Waals surface area contributed by atoms with Crippen LogP contribution >= 0.6 is 0 Å². The van der Waals surface area contributed by atoms with Crippen molar-refractivity contribution in [1.29, 1.82) is 0 Å². The van der Waals surface area contributed by atoms with Crippen molar-refractivity contribution in [3.05, 3.63) is 65.7 Å². The highest BCUT2D eigenvalue weighted by Crippen LogP contribution is 2.16. The smallest absolute Gasteiger partial charge is 0.466 e. The number of ether oxygens (including phenoxy) is 3. The van der Waals surface area contributed by atoms with E-state index in [1.54, 1.807) is 55.5 Å². The van der Waals surface area contributed by atoms with Gasteiger partial charge in [-0.1, -0.05) is 37.3 Å². The van der Waals surface area contributed by atoms with Crippen LogP contribution in [-0.2, 0) is 14.3 Å². The van der Waals surface area contributed by atoms with Crippen molar-refractivity contribution < 1.29 is 28.6 Å². The van der Waals surface area contributed by atoms with E-state index in [-0.39, 0.29) is 18.4 Å². The number of carbonyl (C=O) groups excluding carboxylic acids is 3. The fourth-order valence-electron chi connectivity index (χ4n) is 2.20. The number of unbranched alkanes of at least 4 members (excludes halogenated alkanes) is 1. The fraction of sp³-hybridized carbons (Fsp3) is 0.286. The Hall–Kier alpha value is -3.15. The van der Waals surface area contributed by atoms with Gasteiger partial charge in [-0.3, -0.25) is 9.59 Å². The van der Waals surface area contributed by atoms with Crippen molar-refractivity contribution in [2.75, 3.05) is 13.2 Å². The maximum atomic E-state index is 12.3. The van der Waals surface area contributed by atoms with E-state index in [1.807, 2.05) is 6.07 Å². The van der Waals surface area contributed by atoms with Gasteiger partial charge in [0, 0.05) is 17.5 Å². The molecule has 2 aromatic rings. The molecule has 2 rings (SSSR count). The molecule has 0 spiro atoms. The summed E-state index contributed by atoms with van der Waals surface area (Å²) in [4.78, 5) is 34.9. The third-order valence-corrected chi connectivity index (χ3v) is 3.66. The van der Waals surface area contributed by atoms with Gasteiger partial charge in [0.15, 0.2) is 5.78 Å². The Morgan fingerprint density at radius 3 is 2.00 bits per heavy atom. The molecule has 2 aromatic carbocycles. The molecule has 0 unspecified atom stereocenters. The molecule has 0 aliphatic rings. The summed E-state index contributed by atoms with van der Waals surface area (Å²) >= 11 is 0. The second-order valence-electron chi connectivity index (χ2n) is 5.70. The molecular formula is C21H22O6. The van der Waals surface area contributed by atoms with E-state index in [0.29, 0.717) is 42.7 Å². The minimum absolute atomic E-state index is 0.103. The molecule has 0 aliphatic carbocycles. The third kappa shape index (κ3) is 6.93. The van der Waals surface area contributed by atoms with Crippen LogP contribution in [-0.4, -0.2) is 31.1 Å². The minimum atomic E-state index is -0.817. The fourth-order valence-corrected chi connectivity index (χ4v) is 2.20. The lowest BCUT2D eigenvalue weighted by molar-refractivity contribution is -0.143. The van der Waals surface area contributed by atoms with Gasteiger partial charge in [0.1, 0.15) is 5.75 Å². The van der Waals surface area contributed by atoms with Crippen LogP contribution in [0, 0.1) is 0 Å². The van der Waals surface area contributed by atoms with Gasteiger partial charge in [-0.15, -0.1) is 0 Å².